The summed E-state index contributed by atoms with van der Waals surface area (Å²) < 4.78 is 0. The summed E-state index contributed by atoms with van der Waals surface area (Å²) in [5.41, 5.74) is 0. The Morgan fingerprint density at radius 3 is 2.37 bits per heavy atom. The first-order chi connectivity index (χ1) is 8.88. The second kappa shape index (κ2) is 9.57. The summed E-state index contributed by atoms with van der Waals surface area (Å²) in [7, 11) is 2.05. The molecule has 7 heteroatoms. The highest BCUT2D eigenvalue weighted by atomic mass is 16.4. The van der Waals surface area contributed by atoms with E-state index in [1.807, 2.05) is 7.05 Å². The number of hydrogen-bond acceptors (Lipinski definition) is 4. The van der Waals surface area contributed by atoms with Crippen molar-refractivity contribution in [3.05, 3.63) is 0 Å². The molecule has 0 aliphatic rings. The molecule has 0 aliphatic heterocycles. The fourth-order valence-electron chi connectivity index (χ4n) is 1.34. The lowest BCUT2D eigenvalue weighted by Gasteiger charge is -2.20. The molecule has 0 saturated carbocycles. The van der Waals surface area contributed by atoms with Crippen molar-refractivity contribution in [2.45, 2.75) is 38.8 Å². The van der Waals surface area contributed by atoms with E-state index in [4.69, 9.17) is 10.2 Å². The van der Waals surface area contributed by atoms with Crippen molar-refractivity contribution in [3.8, 4) is 0 Å². The average Bonchev–Trinajstić information content (AvgIpc) is 2.34. The smallest absolute Gasteiger partial charge is 0.328 e. The Morgan fingerprint density at radius 1 is 1.26 bits per heavy atom. The van der Waals surface area contributed by atoms with E-state index in [0.29, 0.717) is 12.6 Å². The van der Waals surface area contributed by atoms with E-state index < -0.39 is 24.6 Å². The van der Waals surface area contributed by atoms with E-state index in [1.165, 1.54) is 0 Å². The quantitative estimate of drug-likeness (QED) is 0.438. The molecular formula is C12H25N3O4. The Hall–Kier alpha value is -1.34. The molecule has 0 radical (unpaired) electrons. The van der Waals surface area contributed by atoms with E-state index in [0.717, 1.165) is 19.4 Å². The molecule has 2 amide bonds. The van der Waals surface area contributed by atoms with Crippen LogP contribution in [0.4, 0.5) is 4.79 Å². The predicted octanol–water partition coefficient (Wildman–Crippen LogP) is -0.148. The molecule has 0 aromatic heterocycles. The lowest BCUT2D eigenvalue weighted by Crippen LogP contribution is -2.48. The van der Waals surface area contributed by atoms with E-state index >= 15 is 0 Å². The van der Waals surface area contributed by atoms with Gasteiger partial charge in [-0.25, -0.2) is 9.59 Å². The maximum absolute atomic E-state index is 11.3. The van der Waals surface area contributed by atoms with Gasteiger partial charge in [-0.3, -0.25) is 0 Å². The number of aliphatic carboxylic acids is 1. The predicted molar refractivity (Wildman–Crippen MR) is 72.0 cm³/mol. The first-order valence-corrected chi connectivity index (χ1v) is 6.46. The Labute approximate surface area is 114 Å². The number of carboxylic acids is 1. The minimum atomic E-state index is -1.26. The Bertz CT molecular complexity index is 284. The molecule has 0 aromatic rings. The van der Waals surface area contributed by atoms with Crippen molar-refractivity contribution >= 4 is 12.0 Å². The number of rotatable bonds is 9. The van der Waals surface area contributed by atoms with E-state index in [-0.39, 0.29) is 0 Å². The van der Waals surface area contributed by atoms with Gasteiger partial charge in [0, 0.05) is 12.6 Å². The van der Waals surface area contributed by atoms with Crippen molar-refractivity contribution in [2.75, 3.05) is 26.7 Å². The topological polar surface area (TPSA) is 102 Å². The standard InChI is InChI=1S/C12H25N3O4/c1-9(2)15(3)7-5-4-6-13-12(19)14-10(8-16)11(17)18/h9-10,16H,4-8H2,1-3H3,(H,17,18)(H2,13,14,19). The Kier molecular flexibility index (Phi) is 8.90. The fraction of sp³-hybridized carbons (Fsp3) is 0.833. The van der Waals surface area contributed by atoms with E-state index in [2.05, 4.69) is 29.4 Å². The number of amides is 2. The van der Waals surface area contributed by atoms with Crippen LogP contribution < -0.4 is 10.6 Å². The Balaban J connectivity index is 3.67. The van der Waals surface area contributed by atoms with Crippen LogP contribution in [0, 0.1) is 0 Å². The first-order valence-electron chi connectivity index (χ1n) is 6.46. The van der Waals surface area contributed by atoms with Crippen LogP contribution in [-0.4, -0.2) is 65.9 Å². The molecule has 0 aliphatic carbocycles. The maximum atomic E-state index is 11.3. The zero-order chi connectivity index (χ0) is 14.8. The number of nitrogens with one attached hydrogen (secondary N) is 2. The molecule has 19 heavy (non-hydrogen) atoms. The highest BCUT2D eigenvalue weighted by molar-refractivity contribution is 5.82. The minimum Gasteiger partial charge on any atom is -0.480 e. The van der Waals surface area contributed by atoms with Crippen LogP contribution >= 0.6 is 0 Å². The van der Waals surface area contributed by atoms with Gasteiger partial charge in [0.2, 0.25) is 0 Å². The van der Waals surface area contributed by atoms with Crippen LogP contribution in [-0.2, 0) is 4.79 Å². The van der Waals surface area contributed by atoms with Gasteiger partial charge in [-0.1, -0.05) is 0 Å². The molecule has 0 saturated heterocycles. The number of carbonyl (C=O) groups is 2. The zero-order valence-corrected chi connectivity index (χ0v) is 11.8. The lowest BCUT2D eigenvalue weighted by molar-refractivity contribution is -0.140. The van der Waals surface area contributed by atoms with Gasteiger partial charge in [0.1, 0.15) is 0 Å². The van der Waals surface area contributed by atoms with Crippen LogP contribution in [0.3, 0.4) is 0 Å². The third kappa shape index (κ3) is 8.39. The van der Waals surface area contributed by atoms with Crippen molar-refractivity contribution in [2.24, 2.45) is 0 Å². The van der Waals surface area contributed by atoms with Gasteiger partial charge in [-0.05, 0) is 40.3 Å². The van der Waals surface area contributed by atoms with Gasteiger partial charge in [-0.2, -0.15) is 0 Å². The van der Waals surface area contributed by atoms with Crippen molar-refractivity contribution in [1.29, 1.82) is 0 Å². The number of aliphatic hydroxyl groups is 1. The molecule has 0 rings (SSSR count). The van der Waals surface area contributed by atoms with Crippen molar-refractivity contribution in [3.63, 3.8) is 0 Å². The summed E-state index contributed by atoms with van der Waals surface area (Å²) in [6.07, 6.45) is 1.78. The summed E-state index contributed by atoms with van der Waals surface area (Å²) in [6.45, 7) is 5.05. The third-order valence-electron chi connectivity index (χ3n) is 2.89. The SMILES string of the molecule is CC(C)N(C)CCCCNC(=O)NC(CO)C(=O)O. The number of urea groups is 1. The number of carbonyl (C=O) groups excluding carboxylic acids is 1. The monoisotopic (exact) mass is 275 g/mol. The summed E-state index contributed by atoms with van der Waals surface area (Å²) in [5, 5.41) is 22.1. The largest absolute Gasteiger partial charge is 0.480 e. The number of carboxylic acid groups (broad SMARTS) is 1. The number of unbranched alkanes of at least 4 members (excludes halogenated alkanes) is 1. The molecule has 1 atom stereocenters. The van der Waals surface area contributed by atoms with Crippen molar-refractivity contribution in [1.82, 2.24) is 15.5 Å². The van der Waals surface area contributed by atoms with E-state index in [9.17, 15) is 9.59 Å². The van der Waals surface area contributed by atoms with Crippen LogP contribution in [0.2, 0.25) is 0 Å². The van der Waals surface area contributed by atoms with Gasteiger partial charge < -0.3 is 25.7 Å². The van der Waals surface area contributed by atoms with Crippen LogP contribution in [0.1, 0.15) is 26.7 Å². The molecule has 0 aromatic carbocycles. The van der Waals surface area contributed by atoms with Crippen LogP contribution in [0.25, 0.3) is 0 Å². The highest BCUT2D eigenvalue weighted by Gasteiger charge is 2.17. The second-order valence-electron chi connectivity index (χ2n) is 4.76. The number of hydrogen-bond donors (Lipinski definition) is 4. The van der Waals surface area contributed by atoms with Gasteiger partial charge in [0.25, 0.3) is 0 Å². The Morgan fingerprint density at radius 2 is 1.89 bits per heavy atom. The van der Waals surface area contributed by atoms with Gasteiger partial charge in [0.05, 0.1) is 6.61 Å². The number of aliphatic hydroxyl groups excluding tert-OH is 1. The first kappa shape index (κ1) is 17.7. The minimum absolute atomic E-state index is 0.482. The summed E-state index contributed by atoms with van der Waals surface area (Å²) in [6, 6.07) is -1.33. The van der Waals surface area contributed by atoms with Crippen LogP contribution in [0.15, 0.2) is 0 Å². The molecule has 0 bridgehead atoms. The maximum Gasteiger partial charge on any atom is 0.328 e. The molecule has 4 N–H and O–H groups in total. The second-order valence-corrected chi connectivity index (χ2v) is 4.76. The lowest BCUT2D eigenvalue weighted by atomic mass is 10.2. The highest BCUT2D eigenvalue weighted by Crippen LogP contribution is 1.97. The van der Waals surface area contributed by atoms with E-state index in [1.54, 1.807) is 0 Å². The number of nitrogens with zero attached hydrogens (tertiary/aromatic N) is 1. The molecular weight excluding hydrogens is 250 g/mol. The molecule has 0 heterocycles. The molecule has 112 valence electrons. The van der Waals surface area contributed by atoms with Crippen LogP contribution in [0.5, 0.6) is 0 Å². The zero-order valence-electron chi connectivity index (χ0n) is 11.8. The van der Waals surface area contributed by atoms with Crippen molar-refractivity contribution < 1.29 is 19.8 Å². The van der Waals surface area contributed by atoms with Gasteiger partial charge in [-0.15, -0.1) is 0 Å². The molecule has 0 fully saturated rings. The third-order valence-corrected chi connectivity index (χ3v) is 2.89. The molecule has 7 nitrogen and oxygen atoms in total. The average molecular weight is 275 g/mol. The fourth-order valence-corrected chi connectivity index (χ4v) is 1.34. The van der Waals surface area contributed by atoms with Gasteiger partial charge >= 0.3 is 12.0 Å². The summed E-state index contributed by atoms with van der Waals surface area (Å²) in [5.74, 6) is -1.25. The summed E-state index contributed by atoms with van der Waals surface area (Å²) >= 11 is 0. The van der Waals surface area contributed by atoms with Gasteiger partial charge in [0.15, 0.2) is 6.04 Å². The normalized spacial score (nSPS) is 12.5. The summed E-state index contributed by atoms with van der Waals surface area (Å²) in [4.78, 5) is 24.1. The molecule has 0 spiro atoms. The molecule has 1 unspecified atom stereocenters.